The molecule has 0 aliphatic heterocycles. The van der Waals surface area contributed by atoms with Gasteiger partial charge in [-0.1, -0.05) is 158 Å². The van der Waals surface area contributed by atoms with Gasteiger partial charge in [-0.25, -0.2) is 0 Å². The topological polar surface area (TPSA) is 9.23 Å². The Morgan fingerprint density at radius 2 is 1.35 bits per heavy atom. The van der Waals surface area contributed by atoms with Crippen LogP contribution in [-0.4, -0.2) is 15.7 Å². The van der Waals surface area contributed by atoms with Crippen molar-refractivity contribution >= 4 is 34.6 Å². The molecule has 0 heterocycles. The number of benzene rings is 2. The molecule has 0 radical (unpaired) electrons. The van der Waals surface area contributed by atoms with Crippen LogP contribution in [0.2, 0.25) is 0 Å². The Bertz CT molecular complexity index is 1020. The minimum atomic E-state index is -0.437. The summed E-state index contributed by atoms with van der Waals surface area (Å²) in [6.45, 7) is 4.56. The lowest BCUT2D eigenvalue weighted by atomic mass is 9.98. The Morgan fingerprint density at radius 1 is 0.750 bits per heavy atom. The normalized spacial score (nSPS) is 16.6. The van der Waals surface area contributed by atoms with Gasteiger partial charge in [-0.15, -0.1) is 11.8 Å². The monoisotopic (exact) mass is 576 g/mol. The van der Waals surface area contributed by atoms with E-state index in [0.717, 1.165) is 24.2 Å². The van der Waals surface area contributed by atoms with Crippen LogP contribution in [0.3, 0.4) is 0 Å². The van der Waals surface area contributed by atoms with Crippen molar-refractivity contribution in [2.75, 3.05) is 5.75 Å². The fourth-order valence-corrected chi connectivity index (χ4v) is 6.81. The minimum Gasteiger partial charge on any atom is -0.461 e. The lowest BCUT2D eigenvalue weighted by Crippen LogP contribution is -2.30. The van der Waals surface area contributed by atoms with E-state index >= 15 is 0 Å². The predicted molar refractivity (Wildman–Crippen MR) is 182 cm³/mol. The summed E-state index contributed by atoms with van der Waals surface area (Å²) in [5.74, 6) is 1.09. The number of allylic oxidation sites excluding steroid dienone is 2. The maximum Gasteiger partial charge on any atom is 0.193 e. The van der Waals surface area contributed by atoms with Crippen LogP contribution in [0.1, 0.15) is 127 Å². The van der Waals surface area contributed by atoms with E-state index < -0.39 is 4.93 Å². The van der Waals surface area contributed by atoms with Gasteiger partial charge in [0, 0.05) is 12.0 Å². The average Bonchev–Trinajstić information content (AvgIpc) is 2.99. The second kappa shape index (κ2) is 19.3. The van der Waals surface area contributed by atoms with E-state index in [2.05, 4.69) is 86.7 Å². The smallest absolute Gasteiger partial charge is 0.193 e. The minimum absolute atomic E-state index is 0.437. The van der Waals surface area contributed by atoms with Crippen molar-refractivity contribution in [2.24, 2.45) is 0 Å². The fourth-order valence-electron chi connectivity index (χ4n) is 5.28. The largest absolute Gasteiger partial charge is 0.461 e. The van der Waals surface area contributed by atoms with E-state index in [9.17, 15) is 0 Å². The van der Waals surface area contributed by atoms with E-state index in [4.69, 9.17) is 17.0 Å². The number of rotatable bonds is 20. The molecule has 1 aliphatic rings. The Hall–Kier alpha value is -1.84. The predicted octanol–water partition coefficient (Wildman–Crippen LogP) is 11.9. The van der Waals surface area contributed by atoms with E-state index in [-0.39, 0.29) is 0 Å². The maximum absolute atomic E-state index is 6.66. The van der Waals surface area contributed by atoms with Gasteiger partial charge in [-0.05, 0) is 60.0 Å². The summed E-state index contributed by atoms with van der Waals surface area (Å²) in [4.78, 5) is -0.437. The van der Waals surface area contributed by atoms with Crippen LogP contribution < -0.4 is 0 Å². The van der Waals surface area contributed by atoms with Gasteiger partial charge in [-0.3, -0.25) is 0 Å². The van der Waals surface area contributed by atoms with Crippen LogP contribution in [0.5, 0.6) is 0 Å². The first kappa shape index (κ1) is 32.7. The van der Waals surface area contributed by atoms with Crippen molar-refractivity contribution in [3.8, 4) is 0 Å². The Morgan fingerprint density at radius 3 is 1.95 bits per heavy atom. The summed E-state index contributed by atoms with van der Waals surface area (Å²) in [7, 11) is 0. The standard InChI is InChI=1S/C37H52OS2/c1-3-5-7-9-11-12-14-19-31-40-37(29-27-34(28-30-37)33-21-17-15-18-22-33)38-36(39)35-25-23-32(24-26-35)20-16-13-10-8-6-4-2/h15,17-18,21-29H,3-14,16,19-20,30-31H2,1-2H3. The van der Waals surface area contributed by atoms with Gasteiger partial charge < -0.3 is 4.74 Å². The van der Waals surface area contributed by atoms with Crippen LogP contribution in [-0.2, 0) is 11.2 Å². The molecule has 0 N–H and O–H groups in total. The molecule has 1 aliphatic carbocycles. The quantitative estimate of drug-likeness (QED) is 0.0881. The molecule has 3 rings (SSSR count). The highest BCUT2D eigenvalue weighted by molar-refractivity contribution is 8.00. The highest BCUT2D eigenvalue weighted by atomic mass is 32.2. The molecule has 0 aromatic heterocycles. The summed E-state index contributed by atoms with van der Waals surface area (Å²) in [5, 5.41) is 0.607. The molecular formula is C37H52OS2. The summed E-state index contributed by atoms with van der Waals surface area (Å²) in [6.07, 6.45) is 27.5. The van der Waals surface area contributed by atoms with Gasteiger partial charge in [-0.2, -0.15) is 0 Å². The Labute approximate surface area is 255 Å². The molecule has 0 saturated carbocycles. The fraction of sp³-hybridized carbons (Fsp3) is 0.541. The number of unbranched alkanes of at least 4 members (excludes halogenated alkanes) is 12. The molecule has 0 fully saturated rings. The molecule has 1 nitrogen and oxygen atoms in total. The zero-order valence-corrected chi connectivity index (χ0v) is 26.8. The van der Waals surface area contributed by atoms with E-state index in [1.807, 2.05) is 11.8 Å². The average molecular weight is 577 g/mol. The molecule has 0 saturated heterocycles. The van der Waals surface area contributed by atoms with E-state index in [1.54, 1.807) is 0 Å². The SMILES string of the molecule is CCCCCCCCCCSC1(OC(=S)c2ccc(CCCCCCCC)cc2)C=CC(c2ccccc2)=CC1. The summed E-state index contributed by atoms with van der Waals surface area (Å²) in [6, 6.07) is 19.4. The third kappa shape index (κ3) is 12.0. The summed E-state index contributed by atoms with van der Waals surface area (Å²) < 4.78 is 6.66. The molecule has 0 spiro atoms. The third-order valence-electron chi connectivity index (χ3n) is 7.85. The van der Waals surface area contributed by atoms with E-state index in [1.165, 1.54) is 107 Å². The molecular weight excluding hydrogens is 525 g/mol. The first-order valence-corrected chi connectivity index (χ1v) is 17.5. The van der Waals surface area contributed by atoms with Crippen LogP contribution in [0.15, 0.2) is 72.8 Å². The van der Waals surface area contributed by atoms with Crippen LogP contribution >= 0.6 is 24.0 Å². The van der Waals surface area contributed by atoms with Crippen molar-refractivity contribution in [3.05, 3.63) is 89.5 Å². The van der Waals surface area contributed by atoms with Crippen molar-refractivity contribution in [2.45, 2.75) is 122 Å². The van der Waals surface area contributed by atoms with Crippen LogP contribution in [0.25, 0.3) is 5.57 Å². The van der Waals surface area contributed by atoms with Gasteiger partial charge in [0.25, 0.3) is 0 Å². The lowest BCUT2D eigenvalue weighted by Gasteiger charge is -2.33. The van der Waals surface area contributed by atoms with Crippen molar-refractivity contribution < 1.29 is 4.74 Å². The van der Waals surface area contributed by atoms with Crippen molar-refractivity contribution in [1.82, 2.24) is 0 Å². The van der Waals surface area contributed by atoms with Gasteiger partial charge in [0.1, 0.15) is 0 Å². The molecule has 1 unspecified atom stereocenters. The van der Waals surface area contributed by atoms with E-state index in [0.29, 0.717) is 5.05 Å². The zero-order valence-electron chi connectivity index (χ0n) is 25.2. The van der Waals surface area contributed by atoms with Crippen LogP contribution in [0.4, 0.5) is 0 Å². The van der Waals surface area contributed by atoms with Gasteiger partial charge in [0.15, 0.2) is 9.98 Å². The second-order valence-corrected chi connectivity index (χ2v) is 13.1. The van der Waals surface area contributed by atoms with Crippen molar-refractivity contribution in [1.29, 1.82) is 0 Å². The Balaban J connectivity index is 1.54. The molecule has 2 aromatic rings. The molecule has 1 atom stereocenters. The first-order chi connectivity index (χ1) is 19.7. The number of thiocarbonyl (C=S) groups is 1. The number of hydrogen-bond acceptors (Lipinski definition) is 3. The Kier molecular flexibility index (Phi) is 15.8. The van der Waals surface area contributed by atoms with Crippen molar-refractivity contribution in [3.63, 3.8) is 0 Å². The maximum atomic E-state index is 6.66. The summed E-state index contributed by atoms with van der Waals surface area (Å²) in [5.41, 5.74) is 4.93. The number of thioether (sulfide) groups is 1. The number of aryl methyl sites for hydroxylation is 1. The lowest BCUT2D eigenvalue weighted by molar-refractivity contribution is 0.211. The van der Waals surface area contributed by atoms with Gasteiger partial charge in [0.2, 0.25) is 0 Å². The molecule has 218 valence electrons. The summed E-state index contributed by atoms with van der Waals surface area (Å²) >= 11 is 7.79. The van der Waals surface area contributed by atoms with Gasteiger partial charge >= 0.3 is 0 Å². The zero-order chi connectivity index (χ0) is 28.3. The molecule has 0 amide bonds. The van der Waals surface area contributed by atoms with Crippen LogP contribution in [0, 0.1) is 0 Å². The number of hydrogen-bond donors (Lipinski definition) is 0. The highest BCUT2D eigenvalue weighted by Crippen LogP contribution is 2.39. The molecule has 40 heavy (non-hydrogen) atoms. The first-order valence-electron chi connectivity index (χ1n) is 16.1. The highest BCUT2D eigenvalue weighted by Gasteiger charge is 2.32. The number of ether oxygens (including phenoxy) is 1. The molecule has 2 aromatic carbocycles. The molecule has 3 heteroatoms. The molecule has 0 bridgehead atoms. The second-order valence-electron chi connectivity index (χ2n) is 11.3. The third-order valence-corrected chi connectivity index (χ3v) is 9.54. The van der Waals surface area contributed by atoms with Gasteiger partial charge in [0.05, 0.1) is 0 Å².